The third-order valence-electron chi connectivity index (χ3n) is 5.02. The van der Waals surface area contributed by atoms with Gasteiger partial charge in [0.05, 0.1) is 4.90 Å². The molecule has 1 aliphatic rings. The summed E-state index contributed by atoms with van der Waals surface area (Å²) in [7, 11) is -3.76. The Bertz CT molecular complexity index is 904. The Hall–Kier alpha value is -2.13. The molecule has 0 N–H and O–H groups in total. The molecule has 1 heterocycles. The summed E-state index contributed by atoms with van der Waals surface area (Å²) in [6.07, 6.45) is -1.72. The van der Waals surface area contributed by atoms with Crippen molar-refractivity contribution in [3.63, 3.8) is 0 Å². The van der Waals surface area contributed by atoms with Crippen molar-refractivity contribution in [2.45, 2.75) is 36.9 Å². The number of aryl methyl sites for hydroxylation is 1. The minimum absolute atomic E-state index is 0.0585. The summed E-state index contributed by atoms with van der Waals surface area (Å²) in [5.74, 6) is -0.365. The topological polar surface area (TPSA) is 46.6 Å². The molecule has 0 atom stereocenters. The van der Waals surface area contributed by atoms with Crippen LogP contribution < -0.4 is 4.74 Å². The van der Waals surface area contributed by atoms with E-state index in [1.807, 2.05) is 0 Å². The van der Waals surface area contributed by atoms with Gasteiger partial charge in [0.1, 0.15) is 11.6 Å². The molecule has 9 heteroatoms. The second-order valence-corrected chi connectivity index (χ2v) is 8.97. The Labute approximate surface area is 167 Å². The average Bonchev–Trinajstić information content (AvgIpc) is 2.67. The van der Waals surface area contributed by atoms with E-state index in [2.05, 4.69) is 4.74 Å². The predicted octanol–water partition coefficient (Wildman–Crippen LogP) is 4.76. The summed E-state index contributed by atoms with van der Waals surface area (Å²) < 4.78 is 80.2. The smallest absolute Gasteiger partial charge is 0.406 e. The van der Waals surface area contributed by atoms with Gasteiger partial charge in [-0.15, -0.1) is 13.2 Å². The molecule has 0 saturated carbocycles. The van der Waals surface area contributed by atoms with Crippen molar-refractivity contribution in [3.8, 4) is 5.75 Å². The monoisotopic (exact) mass is 431 g/mol. The minimum atomic E-state index is -4.82. The van der Waals surface area contributed by atoms with Crippen molar-refractivity contribution >= 4 is 10.0 Å². The molecule has 2 aromatic carbocycles. The lowest BCUT2D eigenvalue weighted by Crippen LogP contribution is -2.38. The molecule has 3 rings (SSSR count). The highest BCUT2D eigenvalue weighted by Crippen LogP contribution is 2.29. The van der Waals surface area contributed by atoms with E-state index in [0.29, 0.717) is 31.8 Å². The van der Waals surface area contributed by atoms with Gasteiger partial charge in [0.15, 0.2) is 0 Å². The van der Waals surface area contributed by atoms with Crippen LogP contribution in [0.4, 0.5) is 17.6 Å². The molecule has 1 fully saturated rings. The maximum absolute atomic E-state index is 13.0. The van der Waals surface area contributed by atoms with Crippen LogP contribution in [0.5, 0.6) is 5.75 Å². The van der Waals surface area contributed by atoms with E-state index in [1.54, 1.807) is 12.1 Å². The van der Waals surface area contributed by atoms with Crippen molar-refractivity contribution in [3.05, 3.63) is 59.9 Å². The van der Waals surface area contributed by atoms with Crippen LogP contribution in [0.1, 0.15) is 24.8 Å². The second kappa shape index (κ2) is 8.71. The highest BCUT2D eigenvalue weighted by atomic mass is 32.2. The molecule has 158 valence electrons. The Balaban J connectivity index is 1.54. The molecular weight excluding hydrogens is 410 g/mol. The Morgan fingerprint density at radius 1 is 0.966 bits per heavy atom. The lowest BCUT2D eigenvalue weighted by atomic mass is 9.91. The van der Waals surface area contributed by atoms with Gasteiger partial charge < -0.3 is 4.74 Å². The molecule has 0 unspecified atom stereocenters. The number of hydrogen-bond acceptors (Lipinski definition) is 3. The summed E-state index contributed by atoms with van der Waals surface area (Å²) in [6.45, 7) is 0.717. The van der Waals surface area contributed by atoms with Gasteiger partial charge in [0, 0.05) is 13.1 Å². The fourth-order valence-electron chi connectivity index (χ4n) is 3.42. The largest absolute Gasteiger partial charge is 0.573 e. The summed E-state index contributed by atoms with van der Waals surface area (Å²) >= 11 is 0. The first kappa shape index (κ1) is 21.6. The molecule has 1 aliphatic heterocycles. The van der Waals surface area contributed by atoms with Crippen LogP contribution in [-0.2, 0) is 16.4 Å². The van der Waals surface area contributed by atoms with Crippen LogP contribution in [0.3, 0.4) is 0 Å². The molecule has 0 aliphatic carbocycles. The lowest BCUT2D eigenvalue weighted by molar-refractivity contribution is -0.274. The number of sulfonamides is 1. The van der Waals surface area contributed by atoms with E-state index in [0.717, 1.165) is 42.7 Å². The molecule has 2 aromatic rings. The van der Waals surface area contributed by atoms with Crippen LogP contribution in [0.25, 0.3) is 0 Å². The normalized spacial score (nSPS) is 16.7. The number of rotatable bonds is 6. The van der Waals surface area contributed by atoms with Crippen molar-refractivity contribution in [2.75, 3.05) is 13.1 Å². The third-order valence-corrected chi connectivity index (χ3v) is 6.94. The van der Waals surface area contributed by atoms with E-state index in [1.165, 1.54) is 16.4 Å². The van der Waals surface area contributed by atoms with Crippen LogP contribution in [0, 0.1) is 11.7 Å². The Morgan fingerprint density at radius 2 is 1.55 bits per heavy atom. The van der Waals surface area contributed by atoms with E-state index >= 15 is 0 Å². The van der Waals surface area contributed by atoms with Crippen molar-refractivity contribution in [1.82, 2.24) is 4.31 Å². The van der Waals surface area contributed by atoms with Gasteiger partial charge in [-0.1, -0.05) is 12.1 Å². The maximum atomic E-state index is 13.0. The zero-order chi connectivity index (χ0) is 21.1. The number of nitrogens with zero attached hydrogens (tertiary/aromatic N) is 1. The van der Waals surface area contributed by atoms with Gasteiger partial charge in [0.25, 0.3) is 0 Å². The number of hydrogen-bond donors (Lipinski definition) is 0. The molecule has 1 saturated heterocycles. The van der Waals surface area contributed by atoms with E-state index in [4.69, 9.17) is 0 Å². The lowest BCUT2D eigenvalue weighted by Gasteiger charge is -2.31. The number of halogens is 4. The van der Waals surface area contributed by atoms with Gasteiger partial charge in [-0.2, -0.15) is 4.31 Å². The zero-order valence-corrected chi connectivity index (χ0v) is 16.3. The SMILES string of the molecule is O=S(=O)(c1ccc(OC(F)(F)F)cc1)N1CCC(CCc2ccc(F)cc2)CC1. The quantitative estimate of drug-likeness (QED) is 0.620. The van der Waals surface area contributed by atoms with Gasteiger partial charge in [-0.3, -0.25) is 0 Å². The molecular formula is C20H21F4NO3S. The first-order valence-corrected chi connectivity index (χ1v) is 10.7. The van der Waals surface area contributed by atoms with Crippen molar-refractivity contribution in [2.24, 2.45) is 5.92 Å². The van der Waals surface area contributed by atoms with Gasteiger partial charge in [-0.05, 0) is 73.6 Å². The van der Waals surface area contributed by atoms with Gasteiger partial charge in [-0.25, -0.2) is 12.8 Å². The van der Waals surface area contributed by atoms with Crippen LogP contribution in [0.2, 0.25) is 0 Å². The molecule has 0 amide bonds. The summed E-state index contributed by atoms with van der Waals surface area (Å²) in [6, 6.07) is 10.6. The van der Waals surface area contributed by atoms with Gasteiger partial charge in [0.2, 0.25) is 10.0 Å². The minimum Gasteiger partial charge on any atom is -0.406 e. The average molecular weight is 431 g/mol. The Kier molecular flexibility index (Phi) is 6.48. The van der Waals surface area contributed by atoms with Crippen molar-refractivity contribution in [1.29, 1.82) is 0 Å². The Morgan fingerprint density at radius 3 is 2.10 bits per heavy atom. The summed E-state index contributed by atoms with van der Waals surface area (Å²) in [5, 5.41) is 0. The number of benzene rings is 2. The van der Waals surface area contributed by atoms with Crippen LogP contribution in [0.15, 0.2) is 53.4 Å². The van der Waals surface area contributed by atoms with Crippen LogP contribution in [-0.4, -0.2) is 32.2 Å². The van der Waals surface area contributed by atoms with Gasteiger partial charge >= 0.3 is 6.36 Å². The standard InChI is InChI=1S/C20H21F4NO3S/c21-17-5-3-15(4-6-17)1-2-16-11-13-25(14-12-16)29(26,27)19-9-7-18(8-10-19)28-20(22,23)24/h3-10,16H,1-2,11-14H2. The predicted molar refractivity (Wildman–Crippen MR) is 99.3 cm³/mol. The highest BCUT2D eigenvalue weighted by Gasteiger charge is 2.32. The van der Waals surface area contributed by atoms with Crippen LogP contribution >= 0.6 is 0 Å². The van der Waals surface area contributed by atoms with E-state index < -0.39 is 22.1 Å². The molecule has 29 heavy (non-hydrogen) atoms. The first-order valence-electron chi connectivity index (χ1n) is 9.24. The first-order chi connectivity index (χ1) is 13.6. The highest BCUT2D eigenvalue weighted by molar-refractivity contribution is 7.89. The van der Waals surface area contributed by atoms with E-state index in [9.17, 15) is 26.0 Å². The molecule has 4 nitrogen and oxygen atoms in total. The fourth-order valence-corrected chi connectivity index (χ4v) is 4.89. The summed E-state index contributed by atoms with van der Waals surface area (Å²) in [4.78, 5) is -0.0585. The van der Waals surface area contributed by atoms with Crippen molar-refractivity contribution < 1.29 is 30.7 Å². The summed E-state index contributed by atoms with van der Waals surface area (Å²) in [5.41, 5.74) is 1.04. The van der Waals surface area contributed by atoms with E-state index in [-0.39, 0.29) is 10.7 Å². The third kappa shape index (κ3) is 5.93. The maximum Gasteiger partial charge on any atom is 0.573 e. The number of piperidine rings is 1. The molecule has 0 bridgehead atoms. The number of alkyl halides is 3. The zero-order valence-electron chi connectivity index (χ0n) is 15.5. The molecule has 0 spiro atoms. The number of ether oxygens (including phenoxy) is 1. The second-order valence-electron chi connectivity index (χ2n) is 7.03. The molecule has 0 radical (unpaired) electrons. The molecule has 0 aromatic heterocycles. The fraction of sp³-hybridized carbons (Fsp3) is 0.400.